The zero-order valence-electron chi connectivity index (χ0n) is 21.2. The fourth-order valence-electron chi connectivity index (χ4n) is 5.31. The molecule has 2 aliphatic rings. The number of nitrogens with zero attached hydrogens (tertiary/aromatic N) is 3. The van der Waals surface area contributed by atoms with Gasteiger partial charge in [-0.15, -0.1) is 0 Å². The zero-order chi connectivity index (χ0) is 27.0. The number of sulfone groups is 1. The van der Waals surface area contributed by atoms with Crippen molar-refractivity contribution in [2.75, 3.05) is 31.7 Å². The molecule has 1 atom stereocenters. The van der Waals surface area contributed by atoms with Gasteiger partial charge in [-0.1, -0.05) is 0 Å². The number of carbonyl (C=O) groups is 1. The van der Waals surface area contributed by atoms with E-state index in [1.807, 2.05) is 19.1 Å². The summed E-state index contributed by atoms with van der Waals surface area (Å²) in [5.74, 6) is 0.376. The van der Waals surface area contributed by atoms with Gasteiger partial charge in [-0.2, -0.15) is 0 Å². The molecule has 11 heteroatoms. The molecule has 0 radical (unpaired) electrons. The first-order valence-electron chi connectivity index (χ1n) is 12.5. The highest BCUT2D eigenvalue weighted by molar-refractivity contribution is 7.91. The van der Waals surface area contributed by atoms with Crippen LogP contribution in [-0.2, 0) is 14.6 Å². The molecule has 2 fully saturated rings. The molecular formula is C27H29F2N3O5S. The van der Waals surface area contributed by atoms with Gasteiger partial charge in [-0.25, -0.2) is 22.2 Å². The van der Waals surface area contributed by atoms with Crippen LogP contribution in [0.15, 0.2) is 36.7 Å². The number of alkyl halides is 2. The lowest BCUT2D eigenvalue weighted by Crippen LogP contribution is -2.39. The number of amides is 1. The van der Waals surface area contributed by atoms with Crippen LogP contribution in [0, 0.1) is 12.8 Å². The van der Waals surface area contributed by atoms with E-state index in [2.05, 4.69) is 9.97 Å². The Balaban J connectivity index is 1.37. The summed E-state index contributed by atoms with van der Waals surface area (Å²) >= 11 is 0. The summed E-state index contributed by atoms with van der Waals surface area (Å²) in [7, 11) is -1.72. The smallest absolute Gasteiger partial charge is 0.269 e. The first-order valence-corrected chi connectivity index (χ1v) is 14.4. The fourth-order valence-corrected chi connectivity index (χ4v) is 6.80. The number of methoxy groups -OCH3 is 1. The van der Waals surface area contributed by atoms with Crippen LogP contribution < -0.4 is 9.47 Å². The third-order valence-electron chi connectivity index (χ3n) is 7.39. The standard InChI is InChI=1S/C27H29F2N3O5S/c1-16-23(37-19-6-10-32(15-19)27(33)17-7-11-38(34,35)12-8-17)4-3-22-24(16)20(5-9-30-22)18-13-21(25(28)29)26(36-2)31-14-18/h3-5,9,13-14,17,19,25H,6-8,10-12,15H2,1-2H3. The van der Waals surface area contributed by atoms with Crippen LogP contribution in [-0.4, -0.2) is 67.0 Å². The second-order valence-corrected chi connectivity index (χ2v) is 12.1. The largest absolute Gasteiger partial charge is 0.488 e. The molecular weight excluding hydrogens is 516 g/mol. The van der Waals surface area contributed by atoms with E-state index < -0.39 is 16.3 Å². The molecule has 0 aliphatic carbocycles. The minimum absolute atomic E-state index is 0.00504. The number of hydrogen-bond donors (Lipinski definition) is 0. The van der Waals surface area contributed by atoms with Gasteiger partial charge in [0.15, 0.2) is 0 Å². The van der Waals surface area contributed by atoms with Crippen LogP contribution in [0.3, 0.4) is 0 Å². The van der Waals surface area contributed by atoms with E-state index in [0.29, 0.717) is 54.7 Å². The number of halogens is 2. The maximum Gasteiger partial charge on any atom is 0.269 e. The van der Waals surface area contributed by atoms with E-state index in [-0.39, 0.29) is 40.9 Å². The summed E-state index contributed by atoms with van der Waals surface area (Å²) in [6.07, 6.45) is 1.58. The molecule has 0 saturated carbocycles. The lowest BCUT2D eigenvalue weighted by Gasteiger charge is -2.26. The minimum Gasteiger partial charge on any atom is -0.488 e. The summed E-state index contributed by atoms with van der Waals surface area (Å²) in [5.41, 5.74) is 2.43. The van der Waals surface area contributed by atoms with Crippen LogP contribution in [0.5, 0.6) is 11.6 Å². The summed E-state index contributed by atoms with van der Waals surface area (Å²) < 4.78 is 62.0. The molecule has 2 saturated heterocycles. The highest BCUT2D eigenvalue weighted by Crippen LogP contribution is 2.38. The van der Waals surface area contributed by atoms with Gasteiger partial charge in [-0.3, -0.25) is 9.78 Å². The third-order valence-corrected chi connectivity index (χ3v) is 9.11. The van der Waals surface area contributed by atoms with Crippen molar-refractivity contribution >= 4 is 26.6 Å². The minimum atomic E-state index is -3.03. The summed E-state index contributed by atoms with van der Waals surface area (Å²) in [6.45, 7) is 2.88. The predicted molar refractivity (Wildman–Crippen MR) is 138 cm³/mol. The first-order chi connectivity index (χ1) is 18.2. The molecule has 202 valence electrons. The van der Waals surface area contributed by atoms with Gasteiger partial charge < -0.3 is 14.4 Å². The van der Waals surface area contributed by atoms with Crippen molar-refractivity contribution < 1.29 is 31.5 Å². The molecule has 38 heavy (non-hydrogen) atoms. The molecule has 5 rings (SSSR count). The molecule has 1 aromatic carbocycles. The van der Waals surface area contributed by atoms with Crippen molar-refractivity contribution in [2.45, 2.75) is 38.7 Å². The maximum atomic E-state index is 13.6. The van der Waals surface area contributed by atoms with Gasteiger partial charge in [0.05, 0.1) is 36.2 Å². The van der Waals surface area contributed by atoms with Crippen molar-refractivity contribution in [3.63, 3.8) is 0 Å². The van der Waals surface area contributed by atoms with Gasteiger partial charge in [0, 0.05) is 47.8 Å². The number of pyridine rings is 2. The molecule has 8 nitrogen and oxygen atoms in total. The Morgan fingerprint density at radius 2 is 1.89 bits per heavy atom. The van der Waals surface area contributed by atoms with E-state index in [9.17, 15) is 22.0 Å². The number of ether oxygens (including phenoxy) is 2. The molecule has 3 aromatic rings. The number of benzene rings is 1. The Kier molecular flexibility index (Phi) is 7.21. The van der Waals surface area contributed by atoms with E-state index in [1.165, 1.54) is 19.4 Å². The number of aryl methyl sites for hydroxylation is 1. The normalized spacial score (nSPS) is 19.7. The number of fused-ring (bicyclic) bond motifs is 1. The Hall–Kier alpha value is -3.34. The Labute approximate surface area is 219 Å². The molecule has 0 spiro atoms. The van der Waals surface area contributed by atoms with E-state index in [1.54, 1.807) is 17.2 Å². The molecule has 2 aliphatic heterocycles. The van der Waals surface area contributed by atoms with Gasteiger partial charge in [-0.05, 0) is 49.6 Å². The SMILES string of the molecule is COc1ncc(-c2ccnc3ccc(OC4CCN(C(=O)C5CCS(=O)(=O)CC5)C4)c(C)c23)cc1C(F)F. The Morgan fingerprint density at radius 1 is 1.13 bits per heavy atom. The Bertz CT molecular complexity index is 1470. The van der Waals surface area contributed by atoms with Crippen LogP contribution in [0.2, 0.25) is 0 Å². The lowest BCUT2D eigenvalue weighted by atomic mass is 9.97. The average molecular weight is 546 g/mol. The number of rotatable bonds is 6. The second-order valence-electron chi connectivity index (χ2n) is 9.80. The molecule has 1 amide bonds. The van der Waals surface area contributed by atoms with Gasteiger partial charge in [0.2, 0.25) is 11.8 Å². The molecule has 2 aromatic heterocycles. The summed E-state index contributed by atoms with van der Waals surface area (Å²) in [6, 6.07) is 6.81. The van der Waals surface area contributed by atoms with Crippen molar-refractivity contribution in [3.8, 4) is 22.8 Å². The molecule has 0 N–H and O–H groups in total. The zero-order valence-corrected chi connectivity index (χ0v) is 22.0. The van der Waals surface area contributed by atoms with Gasteiger partial charge in [0.1, 0.15) is 21.7 Å². The highest BCUT2D eigenvalue weighted by atomic mass is 32.2. The first kappa shape index (κ1) is 26.3. The maximum absolute atomic E-state index is 13.6. The van der Waals surface area contributed by atoms with Crippen LogP contribution in [0.1, 0.15) is 36.8 Å². The Morgan fingerprint density at radius 3 is 2.61 bits per heavy atom. The summed E-state index contributed by atoms with van der Waals surface area (Å²) in [5, 5.41) is 0.770. The highest BCUT2D eigenvalue weighted by Gasteiger charge is 2.35. The number of aromatic nitrogens is 2. The second kappa shape index (κ2) is 10.4. The van der Waals surface area contributed by atoms with E-state index in [0.717, 1.165) is 10.9 Å². The van der Waals surface area contributed by atoms with Gasteiger partial charge in [0.25, 0.3) is 6.43 Å². The fraction of sp³-hybridized carbons (Fsp3) is 0.444. The lowest BCUT2D eigenvalue weighted by molar-refractivity contribution is -0.135. The van der Waals surface area contributed by atoms with Crippen molar-refractivity contribution in [1.82, 2.24) is 14.9 Å². The van der Waals surface area contributed by atoms with Crippen molar-refractivity contribution in [3.05, 3.63) is 47.8 Å². The van der Waals surface area contributed by atoms with E-state index >= 15 is 0 Å². The number of carbonyl (C=O) groups excluding carboxylic acids is 1. The van der Waals surface area contributed by atoms with Crippen molar-refractivity contribution in [1.29, 1.82) is 0 Å². The molecule has 1 unspecified atom stereocenters. The number of hydrogen-bond acceptors (Lipinski definition) is 7. The van der Waals surface area contributed by atoms with Crippen LogP contribution in [0.25, 0.3) is 22.0 Å². The average Bonchev–Trinajstić information content (AvgIpc) is 3.38. The van der Waals surface area contributed by atoms with E-state index in [4.69, 9.17) is 9.47 Å². The van der Waals surface area contributed by atoms with Crippen molar-refractivity contribution in [2.24, 2.45) is 5.92 Å². The van der Waals surface area contributed by atoms with Gasteiger partial charge >= 0.3 is 0 Å². The predicted octanol–water partition coefficient (Wildman–Crippen LogP) is 4.36. The third kappa shape index (κ3) is 5.16. The van der Waals surface area contributed by atoms with Crippen LogP contribution in [0.4, 0.5) is 8.78 Å². The number of likely N-dealkylation sites (tertiary alicyclic amines) is 1. The molecule has 0 bridgehead atoms. The van der Waals surface area contributed by atoms with Crippen LogP contribution >= 0.6 is 0 Å². The quantitative estimate of drug-likeness (QED) is 0.454. The molecule has 4 heterocycles. The topological polar surface area (TPSA) is 98.7 Å². The monoisotopic (exact) mass is 545 g/mol. The summed E-state index contributed by atoms with van der Waals surface area (Å²) in [4.78, 5) is 23.3.